The van der Waals surface area contributed by atoms with Gasteiger partial charge in [-0.1, -0.05) is 40.2 Å². The lowest BCUT2D eigenvalue weighted by Gasteiger charge is -2.14. The Balaban J connectivity index is 1.60. The van der Waals surface area contributed by atoms with Gasteiger partial charge >= 0.3 is 11.9 Å². The van der Waals surface area contributed by atoms with E-state index in [9.17, 15) is 32.9 Å². The number of nitrogens with zero attached hydrogens (tertiary/aromatic N) is 2. The first-order valence-electron chi connectivity index (χ1n) is 11.3. The van der Waals surface area contributed by atoms with E-state index < -0.39 is 39.2 Å². The minimum absolute atomic E-state index is 0.0129. The van der Waals surface area contributed by atoms with Gasteiger partial charge in [-0.15, -0.1) is 0 Å². The van der Waals surface area contributed by atoms with Crippen LogP contribution in [0, 0.1) is 10.1 Å². The summed E-state index contributed by atoms with van der Waals surface area (Å²) in [6, 6.07) is 13.6. The number of halogens is 4. The minimum Gasteiger partial charge on any atom is -0.490 e. The molecule has 1 heterocycles. The first kappa shape index (κ1) is 28.2. The number of alkyl halides is 3. The van der Waals surface area contributed by atoms with Gasteiger partial charge < -0.3 is 9.47 Å². The number of carbonyl (C=O) groups is 2. The SMILES string of the molecule is CCOc1cc(/C=C2/SC(=O)N(Cc3ccccc3Br)C2=O)ccc1Oc1ccc(C(F)(F)F)cc1[N+](=O)[O-]. The van der Waals surface area contributed by atoms with Crippen molar-refractivity contribution in [3.8, 4) is 17.2 Å². The molecule has 39 heavy (non-hydrogen) atoms. The fraction of sp³-hybridized carbons (Fsp3) is 0.154. The van der Waals surface area contributed by atoms with Gasteiger partial charge in [0, 0.05) is 10.5 Å². The summed E-state index contributed by atoms with van der Waals surface area (Å²) in [6.07, 6.45) is -3.27. The summed E-state index contributed by atoms with van der Waals surface area (Å²) in [5.41, 5.74) is -0.816. The lowest BCUT2D eigenvalue weighted by atomic mass is 10.1. The van der Waals surface area contributed by atoms with Crippen LogP contribution in [0.5, 0.6) is 17.2 Å². The maximum atomic E-state index is 13.0. The first-order valence-corrected chi connectivity index (χ1v) is 12.9. The van der Waals surface area contributed by atoms with E-state index in [1.165, 1.54) is 24.3 Å². The number of hydrogen-bond acceptors (Lipinski definition) is 7. The van der Waals surface area contributed by atoms with Gasteiger partial charge in [0.15, 0.2) is 11.5 Å². The van der Waals surface area contributed by atoms with Crippen LogP contribution < -0.4 is 9.47 Å². The summed E-state index contributed by atoms with van der Waals surface area (Å²) in [5, 5.41) is 11.0. The quantitative estimate of drug-likeness (QED) is 0.143. The summed E-state index contributed by atoms with van der Waals surface area (Å²) in [6.45, 7) is 1.95. The topological polar surface area (TPSA) is 99.0 Å². The van der Waals surface area contributed by atoms with Crippen LogP contribution in [0.2, 0.25) is 0 Å². The Morgan fingerprint density at radius 2 is 1.77 bits per heavy atom. The lowest BCUT2D eigenvalue weighted by Crippen LogP contribution is -2.27. The molecule has 0 saturated carbocycles. The van der Waals surface area contributed by atoms with E-state index in [0.717, 1.165) is 32.8 Å². The van der Waals surface area contributed by atoms with E-state index in [0.29, 0.717) is 17.7 Å². The molecule has 3 aromatic carbocycles. The van der Waals surface area contributed by atoms with Crippen LogP contribution >= 0.6 is 27.7 Å². The smallest absolute Gasteiger partial charge is 0.416 e. The van der Waals surface area contributed by atoms with Crippen LogP contribution in [-0.2, 0) is 17.5 Å². The van der Waals surface area contributed by atoms with Crippen molar-refractivity contribution in [3.05, 3.63) is 96.8 Å². The lowest BCUT2D eigenvalue weighted by molar-refractivity contribution is -0.385. The highest BCUT2D eigenvalue weighted by Crippen LogP contribution is 2.41. The second-order valence-corrected chi connectivity index (χ2v) is 9.89. The third-order valence-corrected chi connectivity index (χ3v) is 7.11. The number of rotatable bonds is 8. The van der Waals surface area contributed by atoms with Gasteiger partial charge in [0.2, 0.25) is 5.75 Å². The molecule has 8 nitrogen and oxygen atoms in total. The molecular formula is C26H18BrF3N2O6S. The molecule has 4 rings (SSSR count). The number of nitro groups is 1. The van der Waals surface area contributed by atoms with Crippen molar-refractivity contribution < 1.29 is 37.2 Å². The van der Waals surface area contributed by atoms with Crippen molar-refractivity contribution in [1.82, 2.24) is 4.90 Å². The maximum absolute atomic E-state index is 13.0. The summed E-state index contributed by atoms with van der Waals surface area (Å²) < 4.78 is 51.0. The van der Waals surface area contributed by atoms with Crippen molar-refractivity contribution in [3.63, 3.8) is 0 Å². The molecule has 1 aliphatic rings. The number of imide groups is 1. The number of thioether (sulfide) groups is 1. The predicted octanol–water partition coefficient (Wildman–Crippen LogP) is 7.80. The van der Waals surface area contributed by atoms with E-state index in [1.807, 2.05) is 12.1 Å². The van der Waals surface area contributed by atoms with Gasteiger partial charge in [0.25, 0.3) is 11.1 Å². The molecule has 13 heteroatoms. The molecule has 202 valence electrons. The second kappa shape index (κ2) is 11.5. The summed E-state index contributed by atoms with van der Waals surface area (Å²) >= 11 is 4.19. The minimum atomic E-state index is -4.76. The molecule has 0 spiro atoms. The van der Waals surface area contributed by atoms with Crippen molar-refractivity contribution in [2.75, 3.05) is 6.61 Å². The van der Waals surface area contributed by atoms with Gasteiger partial charge in [-0.05, 0) is 66.2 Å². The molecule has 0 bridgehead atoms. The van der Waals surface area contributed by atoms with Gasteiger partial charge in [0.05, 0.1) is 28.5 Å². The molecule has 0 aliphatic carbocycles. The largest absolute Gasteiger partial charge is 0.490 e. The van der Waals surface area contributed by atoms with Crippen molar-refractivity contribution in [1.29, 1.82) is 0 Å². The standard InChI is InChI=1S/C26H18BrF3N2O6S/c1-2-37-22-11-15(12-23-24(33)31(25(34)39-23)14-16-5-3-4-6-18(16)27)7-9-21(22)38-20-10-8-17(26(28,29)30)13-19(20)32(35)36/h3-13H,2,14H2,1H3/b23-12+. The highest BCUT2D eigenvalue weighted by Gasteiger charge is 2.36. The van der Waals surface area contributed by atoms with Crippen LogP contribution in [0.3, 0.4) is 0 Å². The zero-order valence-electron chi connectivity index (χ0n) is 20.0. The Kier molecular flexibility index (Phi) is 8.31. The fourth-order valence-corrected chi connectivity index (χ4v) is 4.84. The molecule has 1 aliphatic heterocycles. The molecule has 0 unspecified atom stereocenters. The Morgan fingerprint density at radius 1 is 1.05 bits per heavy atom. The van der Waals surface area contributed by atoms with E-state index in [1.54, 1.807) is 19.1 Å². The molecule has 0 atom stereocenters. The number of nitro benzene ring substituents is 1. The summed E-state index contributed by atoms with van der Waals surface area (Å²) in [5.74, 6) is -0.735. The average Bonchev–Trinajstić information content (AvgIpc) is 3.13. The predicted molar refractivity (Wildman–Crippen MR) is 141 cm³/mol. The Morgan fingerprint density at radius 3 is 2.44 bits per heavy atom. The van der Waals surface area contributed by atoms with Crippen LogP contribution in [0.15, 0.2) is 70.0 Å². The Bertz CT molecular complexity index is 1490. The molecule has 0 aromatic heterocycles. The van der Waals surface area contributed by atoms with Gasteiger partial charge in [0.1, 0.15) is 0 Å². The van der Waals surface area contributed by atoms with Gasteiger partial charge in [-0.25, -0.2) is 0 Å². The van der Waals surface area contributed by atoms with E-state index in [-0.39, 0.29) is 29.6 Å². The number of carbonyl (C=O) groups excluding carboxylic acids is 2. The molecule has 0 radical (unpaired) electrons. The molecule has 1 fully saturated rings. The van der Waals surface area contributed by atoms with Crippen molar-refractivity contribution >= 4 is 50.6 Å². The summed E-state index contributed by atoms with van der Waals surface area (Å²) in [7, 11) is 0. The van der Waals surface area contributed by atoms with Gasteiger partial charge in [-0.3, -0.25) is 24.6 Å². The van der Waals surface area contributed by atoms with Gasteiger partial charge in [-0.2, -0.15) is 13.2 Å². The zero-order valence-corrected chi connectivity index (χ0v) is 22.4. The van der Waals surface area contributed by atoms with E-state index in [2.05, 4.69) is 15.9 Å². The molecule has 0 N–H and O–H groups in total. The fourth-order valence-electron chi connectivity index (χ4n) is 3.59. The van der Waals surface area contributed by atoms with Crippen LogP contribution in [0.25, 0.3) is 6.08 Å². The monoisotopic (exact) mass is 622 g/mol. The number of hydrogen-bond donors (Lipinski definition) is 0. The van der Waals surface area contributed by atoms with Crippen LogP contribution in [-0.4, -0.2) is 27.6 Å². The molecular weight excluding hydrogens is 605 g/mol. The third-order valence-electron chi connectivity index (χ3n) is 5.43. The van der Waals surface area contributed by atoms with Crippen molar-refractivity contribution in [2.45, 2.75) is 19.6 Å². The average molecular weight is 623 g/mol. The molecule has 3 aromatic rings. The maximum Gasteiger partial charge on any atom is 0.416 e. The van der Waals surface area contributed by atoms with Crippen LogP contribution in [0.1, 0.15) is 23.6 Å². The molecule has 2 amide bonds. The van der Waals surface area contributed by atoms with E-state index in [4.69, 9.17) is 9.47 Å². The van der Waals surface area contributed by atoms with Crippen molar-refractivity contribution in [2.24, 2.45) is 0 Å². The van der Waals surface area contributed by atoms with E-state index >= 15 is 0 Å². The Labute approximate surface area is 232 Å². The number of ether oxygens (including phenoxy) is 2. The highest BCUT2D eigenvalue weighted by atomic mass is 79.9. The number of amides is 2. The second-order valence-electron chi connectivity index (χ2n) is 8.04. The third kappa shape index (κ3) is 6.42. The highest BCUT2D eigenvalue weighted by molar-refractivity contribution is 9.10. The van der Waals surface area contributed by atoms with Crippen LogP contribution in [0.4, 0.5) is 23.7 Å². The molecule has 1 saturated heterocycles. The Hall–Kier alpha value is -3.84. The number of benzene rings is 3. The first-order chi connectivity index (χ1) is 18.5. The normalized spacial score (nSPS) is 14.7. The zero-order chi connectivity index (χ0) is 28.3. The summed E-state index contributed by atoms with van der Waals surface area (Å²) in [4.78, 5) is 37.3.